The van der Waals surface area contributed by atoms with Crippen LogP contribution < -0.4 is 4.90 Å². The van der Waals surface area contributed by atoms with Crippen LogP contribution in [0.15, 0.2) is 12.1 Å². The maximum Gasteiger partial charge on any atom is 0.184 e. The Balaban J connectivity index is 2.03. The summed E-state index contributed by atoms with van der Waals surface area (Å²) >= 11 is 0. The van der Waals surface area contributed by atoms with Gasteiger partial charge in [0.1, 0.15) is 5.82 Å². The van der Waals surface area contributed by atoms with Crippen LogP contribution in [0.25, 0.3) is 16.7 Å². The molecule has 1 aliphatic rings. The Hall–Kier alpha value is -2.21. The molecular formula is C17H21N5O. The normalized spacial score (nSPS) is 15.7. The number of pyridine rings is 1. The molecule has 0 spiro atoms. The Morgan fingerprint density at radius 3 is 2.65 bits per heavy atom. The molecule has 1 saturated heterocycles. The monoisotopic (exact) mass is 311 g/mol. The topological polar surface area (TPSA) is 55.6 Å². The highest BCUT2D eigenvalue weighted by Gasteiger charge is 2.19. The summed E-state index contributed by atoms with van der Waals surface area (Å²) < 4.78 is 7.44. The average Bonchev–Trinajstić information content (AvgIpc) is 2.92. The summed E-state index contributed by atoms with van der Waals surface area (Å²) in [7, 11) is 0. The molecule has 0 radical (unpaired) electrons. The summed E-state index contributed by atoms with van der Waals surface area (Å²) in [4.78, 5) is 11.8. The van der Waals surface area contributed by atoms with Crippen molar-refractivity contribution in [1.29, 1.82) is 0 Å². The van der Waals surface area contributed by atoms with Gasteiger partial charge in [0.25, 0.3) is 0 Å². The van der Waals surface area contributed by atoms with Crippen molar-refractivity contribution < 1.29 is 4.74 Å². The lowest BCUT2D eigenvalue weighted by Gasteiger charge is -2.29. The first-order valence-corrected chi connectivity index (χ1v) is 8.16. The number of rotatable bonds is 2. The molecule has 0 amide bonds. The summed E-state index contributed by atoms with van der Waals surface area (Å²) in [5.74, 6) is 1.09. The van der Waals surface area contributed by atoms with Gasteiger partial charge in [-0.1, -0.05) is 6.92 Å². The van der Waals surface area contributed by atoms with Crippen LogP contribution in [0.2, 0.25) is 0 Å². The van der Waals surface area contributed by atoms with Crippen LogP contribution in [-0.2, 0) is 11.2 Å². The van der Waals surface area contributed by atoms with Crippen molar-refractivity contribution in [2.24, 2.45) is 0 Å². The van der Waals surface area contributed by atoms with Crippen molar-refractivity contribution in [3.8, 4) is 0 Å². The van der Waals surface area contributed by atoms with Crippen molar-refractivity contribution in [2.75, 3.05) is 31.2 Å². The number of aryl methyl sites for hydroxylation is 3. The Kier molecular flexibility index (Phi) is 3.41. The fraction of sp³-hybridized carbons (Fsp3) is 0.471. The molecule has 1 fully saturated rings. The first-order chi connectivity index (χ1) is 11.2. The largest absolute Gasteiger partial charge is 0.378 e. The summed E-state index contributed by atoms with van der Waals surface area (Å²) in [6, 6.07) is 4.24. The second-order valence-corrected chi connectivity index (χ2v) is 6.07. The molecule has 0 atom stereocenters. The molecule has 6 heteroatoms. The number of fused-ring (bicyclic) bond motifs is 3. The van der Waals surface area contributed by atoms with Gasteiger partial charge in [0, 0.05) is 30.5 Å². The zero-order chi connectivity index (χ0) is 16.0. The number of aromatic nitrogens is 4. The number of nitrogens with zero attached hydrogens (tertiary/aromatic N) is 5. The van der Waals surface area contributed by atoms with E-state index in [0.717, 1.165) is 66.6 Å². The third kappa shape index (κ3) is 2.34. The van der Waals surface area contributed by atoms with E-state index < -0.39 is 0 Å². The zero-order valence-electron chi connectivity index (χ0n) is 13.8. The quantitative estimate of drug-likeness (QED) is 0.727. The van der Waals surface area contributed by atoms with E-state index in [-0.39, 0.29) is 0 Å². The molecule has 0 saturated carbocycles. The van der Waals surface area contributed by atoms with Gasteiger partial charge in [-0.05, 0) is 31.9 Å². The van der Waals surface area contributed by atoms with E-state index >= 15 is 0 Å². The average molecular weight is 311 g/mol. The standard InChI is InChI=1S/C17H21N5O/c1-4-13-10-14(21-5-7-23-8-6-21)22-17(19-13)15-11(2)9-12(3)18-16(15)20-22/h9-10H,4-8H2,1-3H3. The number of hydrogen-bond donors (Lipinski definition) is 0. The second-order valence-electron chi connectivity index (χ2n) is 6.07. The van der Waals surface area contributed by atoms with Crippen LogP contribution in [0.5, 0.6) is 0 Å². The van der Waals surface area contributed by atoms with Crippen LogP contribution >= 0.6 is 0 Å². The molecule has 4 rings (SSSR count). The maximum atomic E-state index is 5.48. The fourth-order valence-electron chi connectivity index (χ4n) is 3.25. The van der Waals surface area contributed by atoms with E-state index in [1.165, 1.54) is 5.56 Å². The minimum absolute atomic E-state index is 0.752. The number of ether oxygens (including phenoxy) is 1. The molecule has 3 aromatic heterocycles. The SMILES string of the molecule is CCc1cc(N2CCOCC2)n2nc3nc(C)cc(C)c3c2n1. The minimum atomic E-state index is 0.752. The van der Waals surface area contributed by atoms with Gasteiger partial charge in [0.2, 0.25) is 0 Å². The first-order valence-electron chi connectivity index (χ1n) is 8.16. The van der Waals surface area contributed by atoms with Gasteiger partial charge in [-0.15, -0.1) is 5.10 Å². The Morgan fingerprint density at radius 2 is 1.91 bits per heavy atom. The highest BCUT2D eigenvalue weighted by atomic mass is 16.5. The fourth-order valence-corrected chi connectivity index (χ4v) is 3.25. The number of hydrogen-bond acceptors (Lipinski definition) is 5. The van der Waals surface area contributed by atoms with E-state index in [9.17, 15) is 0 Å². The van der Waals surface area contributed by atoms with Gasteiger partial charge in [0.05, 0.1) is 18.6 Å². The molecule has 0 bridgehead atoms. The third-order valence-corrected chi connectivity index (χ3v) is 4.40. The lowest BCUT2D eigenvalue weighted by molar-refractivity contribution is 0.122. The highest BCUT2D eigenvalue weighted by Crippen LogP contribution is 2.26. The van der Waals surface area contributed by atoms with Gasteiger partial charge in [0.15, 0.2) is 11.3 Å². The van der Waals surface area contributed by atoms with Gasteiger partial charge in [-0.3, -0.25) is 0 Å². The molecule has 0 N–H and O–H groups in total. The van der Waals surface area contributed by atoms with Crippen molar-refractivity contribution >= 4 is 22.5 Å². The van der Waals surface area contributed by atoms with Crippen molar-refractivity contribution in [3.63, 3.8) is 0 Å². The predicted molar refractivity (Wildman–Crippen MR) is 90.2 cm³/mol. The van der Waals surface area contributed by atoms with Crippen molar-refractivity contribution in [1.82, 2.24) is 19.6 Å². The molecule has 0 aliphatic carbocycles. The lowest BCUT2D eigenvalue weighted by atomic mass is 10.2. The zero-order valence-corrected chi connectivity index (χ0v) is 13.8. The Labute approximate surface area is 135 Å². The maximum absolute atomic E-state index is 5.48. The lowest BCUT2D eigenvalue weighted by Crippen LogP contribution is -2.37. The summed E-state index contributed by atoms with van der Waals surface area (Å²) in [6.45, 7) is 9.51. The predicted octanol–water partition coefficient (Wildman–Crippen LogP) is 2.29. The van der Waals surface area contributed by atoms with Crippen molar-refractivity contribution in [3.05, 3.63) is 29.1 Å². The summed E-state index contributed by atoms with van der Waals surface area (Å²) in [5.41, 5.74) is 4.93. The molecular weight excluding hydrogens is 290 g/mol. The van der Waals surface area contributed by atoms with E-state index in [1.807, 2.05) is 11.4 Å². The van der Waals surface area contributed by atoms with Crippen molar-refractivity contribution in [2.45, 2.75) is 27.2 Å². The molecule has 120 valence electrons. The van der Waals surface area contributed by atoms with E-state index in [0.29, 0.717) is 0 Å². The molecule has 1 aliphatic heterocycles. The van der Waals surface area contributed by atoms with Crippen LogP contribution in [0, 0.1) is 13.8 Å². The Bertz CT molecular complexity index is 880. The first kappa shape index (κ1) is 14.4. The van der Waals surface area contributed by atoms with Gasteiger partial charge < -0.3 is 9.64 Å². The minimum Gasteiger partial charge on any atom is -0.378 e. The molecule has 6 nitrogen and oxygen atoms in total. The number of anilines is 1. The smallest absolute Gasteiger partial charge is 0.184 e. The second kappa shape index (κ2) is 5.45. The van der Waals surface area contributed by atoms with Gasteiger partial charge in [-0.25, -0.2) is 9.97 Å². The van der Waals surface area contributed by atoms with Crippen LogP contribution in [0.3, 0.4) is 0 Å². The van der Waals surface area contributed by atoms with E-state index in [4.69, 9.17) is 14.8 Å². The molecule has 4 heterocycles. The van der Waals surface area contributed by atoms with Crippen LogP contribution in [0.4, 0.5) is 5.82 Å². The van der Waals surface area contributed by atoms with E-state index in [2.05, 4.69) is 35.9 Å². The highest BCUT2D eigenvalue weighted by molar-refractivity contribution is 5.93. The van der Waals surface area contributed by atoms with Crippen LogP contribution in [-0.4, -0.2) is 45.9 Å². The third-order valence-electron chi connectivity index (χ3n) is 4.40. The van der Waals surface area contributed by atoms with E-state index in [1.54, 1.807) is 0 Å². The molecule has 3 aromatic rings. The number of morpholine rings is 1. The summed E-state index contributed by atoms with van der Waals surface area (Å²) in [5, 5.41) is 5.80. The molecule has 0 aromatic carbocycles. The van der Waals surface area contributed by atoms with Gasteiger partial charge in [-0.2, -0.15) is 4.52 Å². The summed E-state index contributed by atoms with van der Waals surface area (Å²) in [6.07, 6.45) is 0.902. The Morgan fingerprint density at radius 1 is 1.13 bits per heavy atom. The van der Waals surface area contributed by atoms with Gasteiger partial charge >= 0.3 is 0 Å². The van der Waals surface area contributed by atoms with Crippen LogP contribution in [0.1, 0.15) is 23.9 Å². The molecule has 23 heavy (non-hydrogen) atoms. The molecule has 0 unspecified atom stereocenters.